The molecule has 2 N–H and O–H groups in total. The second-order valence-electron chi connectivity index (χ2n) is 6.61. The van der Waals surface area contributed by atoms with Crippen LogP contribution in [0.2, 0.25) is 0 Å². The predicted octanol–water partition coefficient (Wildman–Crippen LogP) is 2.94. The zero-order valence-electron chi connectivity index (χ0n) is 16.4. The van der Waals surface area contributed by atoms with E-state index in [-0.39, 0.29) is 18.4 Å². The standard InChI is InChI=1S/C21H29N3O4/c1-3-12-28-18-11-10-16(13-19(18)27-4-2)15-22-24-21(26)14-20(25)23-17-8-6-5-7-9-17/h3,10-11,13,15,17H,1,4-9,12,14H2,2H3,(H,23,25)(H,24,26)/b22-15-. The number of nitrogens with zero attached hydrogens (tertiary/aromatic N) is 1. The number of amides is 2. The van der Waals surface area contributed by atoms with Crippen molar-refractivity contribution in [2.45, 2.75) is 51.5 Å². The molecule has 0 saturated heterocycles. The lowest BCUT2D eigenvalue weighted by molar-refractivity contribution is -0.129. The molecule has 152 valence electrons. The van der Waals surface area contributed by atoms with Gasteiger partial charge in [0.15, 0.2) is 11.5 Å². The Hall–Kier alpha value is -2.83. The minimum absolute atomic E-state index is 0.191. The molecule has 0 unspecified atom stereocenters. The number of carbonyl (C=O) groups excluding carboxylic acids is 2. The van der Waals surface area contributed by atoms with Crippen molar-refractivity contribution < 1.29 is 19.1 Å². The van der Waals surface area contributed by atoms with Crippen LogP contribution in [-0.2, 0) is 9.59 Å². The van der Waals surface area contributed by atoms with Gasteiger partial charge in [-0.05, 0) is 43.5 Å². The van der Waals surface area contributed by atoms with Crippen molar-refractivity contribution in [3.8, 4) is 11.5 Å². The van der Waals surface area contributed by atoms with Crippen molar-refractivity contribution in [2.24, 2.45) is 5.10 Å². The molecule has 2 amide bonds. The summed E-state index contributed by atoms with van der Waals surface area (Å²) in [5.74, 6) is 0.497. The Morgan fingerprint density at radius 2 is 1.96 bits per heavy atom. The van der Waals surface area contributed by atoms with Gasteiger partial charge in [0, 0.05) is 6.04 Å². The largest absolute Gasteiger partial charge is 0.490 e. The smallest absolute Gasteiger partial charge is 0.249 e. The summed E-state index contributed by atoms with van der Waals surface area (Å²) in [4.78, 5) is 23.8. The first-order chi connectivity index (χ1) is 13.6. The Labute approximate surface area is 166 Å². The molecule has 2 rings (SSSR count). The van der Waals surface area contributed by atoms with E-state index in [2.05, 4.69) is 22.4 Å². The van der Waals surface area contributed by atoms with Crippen molar-refractivity contribution in [3.05, 3.63) is 36.4 Å². The van der Waals surface area contributed by atoms with Gasteiger partial charge in [0.05, 0.1) is 12.8 Å². The molecule has 28 heavy (non-hydrogen) atoms. The lowest BCUT2D eigenvalue weighted by Gasteiger charge is -2.22. The third-order valence-corrected chi connectivity index (χ3v) is 4.32. The van der Waals surface area contributed by atoms with E-state index in [1.165, 1.54) is 12.6 Å². The summed E-state index contributed by atoms with van der Waals surface area (Å²) in [6.45, 7) is 6.39. The van der Waals surface area contributed by atoms with Crippen molar-refractivity contribution in [2.75, 3.05) is 13.2 Å². The second kappa shape index (κ2) is 11.8. The van der Waals surface area contributed by atoms with Crippen LogP contribution in [0.15, 0.2) is 36.0 Å². The fraction of sp³-hybridized carbons (Fsp3) is 0.476. The van der Waals surface area contributed by atoms with Crippen LogP contribution in [0.3, 0.4) is 0 Å². The number of hydrogen-bond donors (Lipinski definition) is 2. The summed E-state index contributed by atoms with van der Waals surface area (Å²) >= 11 is 0. The second-order valence-corrected chi connectivity index (χ2v) is 6.61. The van der Waals surface area contributed by atoms with Gasteiger partial charge in [-0.2, -0.15) is 5.10 Å². The molecule has 0 aliphatic heterocycles. The van der Waals surface area contributed by atoms with E-state index in [0.29, 0.717) is 24.7 Å². The Balaban J connectivity index is 1.83. The molecule has 1 aromatic carbocycles. The Bertz CT molecular complexity index is 697. The molecule has 1 aliphatic carbocycles. The van der Waals surface area contributed by atoms with Gasteiger partial charge in [-0.1, -0.05) is 31.9 Å². The van der Waals surface area contributed by atoms with Gasteiger partial charge in [-0.3, -0.25) is 9.59 Å². The van der Waals surface area contributed by atoms with Gasteiger partial charge < -0.3 is 14.8 Å². The van der Waals surface area contributed by atoms with Crippen LogP contribution >= 0.6 is 0 Å². The quantitative estimate of drug-likeness (QED) is 0.280. The van der Waals surface area contributed by atoms with Crippen molar-refractivity contribution in [1.82, 2.24) is 10.7 Å². The molecule has 0 radical (unpaired) electrons. The van der Waals surface area contributed by atoms with Crippen molar-refractivity contribution in [1.29, 1.82) is 0 Å². The fourth-order valence-electron chi connectivity index (χ4n) is 3.03. The van der Waals surface area contributed by atoms with Gasteiger partial charge >= 0.3 is 0 Å². The van der Waals surface area contributed by atoms with Crippen LogP contribution in [0.5, 0.6) is 11.5 Å². The zero-order valence-corrected chi connectivity index (χ0v) is 16.4. The number of nitrogens with one attached hydrogen (secondary N) is 2. The van der Waals surface area contributed by atoms with E-state index < -0.39 is 5.91 Å². The predicted molar refractivity (Wildman–Crippen MR) is 109 cm³/mol. The molecule has 7 nitrogen and oxygen atoms in total. The molecular formula is C21H29N3O4. The highest BCUT2D eigenvalue weighted by Crippen LogP contribution is 2.28. The normalized spacial score (nSPS) is 14.5. The zero-order chi connectivity index (χ0) is 20.2. The molecular weight excluding hydrogens is 358 g/mol. The number of benzene rings is 1. The molecule has 0 heterocycles. The topological polar surface area (TPSA) is 89.0 Å². The SMILES string of the molecule is C=CCOc1ccc(/C=N\NC(=O)CC(=O)NC2CCCCC2)cc1OCC. The van der Waals surface area contributed by atoms with Gasteiger partial charge in [-0.15, -0.1) is 0 Å². The molecule has 0 bridgehead atoms. The summed E-state index contributed by atoms with van der Waals surface area (Å²) in [5.41, 5.74) is 3.12. The maximum atomic E-state index is 11.9. The Morgan fingerprint density at radius 1 is 1.18 bits per heavy atom. The molecule has 1 fully saturated rings. The Kier molecular flexibility index (Phi) is 9.04. The summed E-state index contributed by atoms with van der Waals surface area (Å²) < 4.78 is 11.1. The number of carbonyl (C=O) groups is 2. The van der Waals surface area contributed by atoms with Crippen LogP contribution in [0.1, 0.15) is 51.0 Å². The Morgan fingerprint density at radius 3 is 2.68 bits per heavy atom. The molecule has 1 saturated carbocycles. The number of hydrazone groups is 1. The van der Waals surface area contributed by atoms with Crippen LogP contribution in [0.25, 0.3) is 0 Å². The minimum Gasteiger partial charge on any atom is -0.490 e. The lowest BCUT2D eigenvalue weighted by Crippen LogP contribution is -2.38. The minimum atomic E-state index is -0.444. The van der Waals surface area contributed by atoms with E-state index in [9.17, 15) is 9.59 Å². The highest BCUT2D eigenvalue weighted by atomic mass is 16.5. The van der Waals surface area contributed by atoms with Crippen LogP contribution in [0.4, 0.5) is 0 Å². The van der Waals surface area contributed by atoms with E-state index >= 15 is 0 Å². The van der Waals surface area contributed by atoms with Crippen LogP contribution < -0.4 is 20.2 Å². The van der Waals surface area contributed by atoms with E-state index in [4.69, 9.17) is 9.47 Å². The summed E-state index contributed by atoms with van der Waals surface area (Å²) in [6.07, 6.45) is 8.37. The average Bonchev–Trinajstić information content (AvgIpc) is 2.68. The third-order valence-electron chi connectivity index (χ3n) is 4.32. The number of hydrogen-bond acceptors (Lipinski definition) is 5. The molecule has 7 heteroatoms. The monoisotopic (exact) mass is 387 g/mol. The highest BCUT2D eigenvalue weighted by Gasteiger charge is 2.17. The molecule has 1 aromatic rings. The van der Waals surface area contributed by atoms with Crippen LogP contribution in [-0.4, -0.2) is 37.3 Å². The van der Waals surface area contributed by atoms with Crippen molar-refractivity contribution in [3.63, 3.8) is 0 Å². The fourth-order valence-corrected chi connectivity index (χ4v) is 3.03. The molecule has 1 aliphatic rings. The summed E-state index contributed by atoms with van der Waals surface area (Å²) in [6, 6.07) is 5.53. The lowest BCUT2D eigenvalue weighted by atomic mass is 9.95. The summed E-state index contributed by atoms with van der Waals surface area (Å²) in [7, 11) is 0. The third kappa shape index (κ3) is 7.42. The first-order valence-corrected chi connectivity index (χ1v) is 9.74. The van der Waals surface area contributed by atoms with E-state index in [0.717, 1.165) is 31.2 Å². The maximum Gasteiger partial charge on any atom is 0.249 e. The molecule has 0 spiro atoms. The number of rotatable bonds is 10. The van der Waals surface area contributed by atoms with Gasteiger partial charge in [-0.25, -0.2) is 5.43 Å². The first kappa shape index (κ1) is 21.5. The van der Waals surface area contributed by atoms with Crippen molar-refractivity contribution >= 4 is 18.0 Å². The summed E-state index contributed by atoms with van der Waals surface area (Å²) in [5, 5.41) is 6.83. The van der Waals surface area contributed by atoms with Gasteiger partial charge in [0.1, 0.15) is 13.0 Å². The van der Waals surface area contributed by atoms with Crippen LogP contribution in [0, 0.1) is 0 Å². The molecule has 0 aromatic heterocycles. The van der Waals surface area contributed by atoms with Gasteiger partial charge in [0.25, 0.3) is 0 Å². The van der Waals surface area contributed by atoms with E-state index in [1.807, 2.05) is 6.92 Å². The number of ether oxygens (including phenoxy) is 2. The van der Waals surface area contributed by atoms with E-state index in [1.54, 1.807) is 24.3 Å². The molecule has 0 atom stereocenters. The van der Waals surface area contributed by atoms with Gasteiger partial charge in [0.2, 0.25) is 11.8 Å². The first-order valence-electron chi connectivity index (χ1n) is 9.74. The average molecular weight is 387 g/mol. The maximum absolute atomic E-state index is 11.9. The highest BCUT2D eigenvalue weighted by molar-refractivity contribution is 5.97.